The zero-order valence-electron chi connectivity index (χ0n) is 6.37. The number of benzene rings is 1. The van der Waals surface area contributed by atoms with Gasteiger partial charge >= 0.3 is 11.4 Å². The largest absolute Gasteiger partial charge is 0.302 e. The molecule has 0 aliphatic rings. The van der Waals surface area contributed by atoms with Crippen LogP contribution in [0.25, 0.3) is 0 Å². The summed E-state index contributed by atoms with van der Waals surface area (Å²) < 4.78 is 36.4. The molecule has 0 fully saturated rings. The SMILES string of the molecule is O=S(O)OCc1cc(Br)ccc1F. The second-order valence-corrected chi connectivity index (χ2v) is 3.80. The molecule has 1 unspecified atom stereocenters. The highest BCUT2D eigenvalue weighted by Crippen LogP contribution is 2.16. The van der Waals surface area contributed by atoms with Gasteiger partial charge in [-0.15, -0.1) is 0 Å². The van der Waals surface area contributed by atoms with Crippen LogP contribution >= 0.6 is 15.9 Å². The molecule has 72 valence electrons. The summed E-state index contributed by atoms with van der Waals surface area (Å²) in [5, 5.41) is 0. The Morgan fingerprint density at radius 2 is 2.31 bits per heavy atom. The van der Waals surface area contributed by atoms with Crippen molar-refractivity contribution in [1.82, 2.24) is 0 Å². The molecule has 0 aliphatic carbocycles. The molecule has 0 heterocycles. The van der Waals surface area contributed by atoms with E-state index in [9.17, 15) is 8.60 Å². The molecule has 1 aromatic rings. The molecule has 0 amide bonds. The summed E-state index contributed by atoms with van der Waals surface area (Å²) in [4.78, 5) is 0. The Balaban J connectivity index is 2.75. The summed E-state index contributed by atoms with van der Waals surface area (Å²) in [7, 11) is 0. The first kappa shape index (κ1) is 10.8. The standard InChI is InChI=1S/C7H6BrFO3S/c8-6-1-2-7(9)5(3-6)4-12-13(10)11/h1-3H,4H2,(H,10,11). The van der Waals surface area contributed by atoms with Gasteiger partial charge in [0.15, 0.2) is 0 Å². The lowest BCUT2D eigenvalue weighted by Crippen LogP contribution is -1.98. The Morgan fingerprint density at radius 1 is 1.62 bits per heavy atom. The van der Waals surface area contributed by atoms with E-state index in [0.717, 1.165) is 0 Å². The molecule has 0 radical (unpaired) electrons. The summed E-state index contributed by atoms with van der Waals surface area (Å²) in [5.41, 5.74) is 0.233. The van der Waals surface area contributed by atoms with Gasteiger partial charge in [0.1, 0.15) is 5.82 Å². The van der Waals surface area contributed by atoms with Crippen LogP contribution in [0.1, 0.15) is 5.56 Å². The Labute approximate surface area is 85.5 Å². The van der Waals surface area contributed by atoms with Gasteiger partial charge in [-0.25, -0.2) is 4.39 Å². The van der Waals surface area contributed by atoms with Gasteiger partial charge in [0.25, 0.3) is 0 Å². The first-order chi connectivity index (χ1) is 6.09. The van der Waals surface area contributed by atoms with Crippen molar-refractivity contribution in [3.63, 3.8) is 0 Å². The van der Waals surface area contributed by atoms with Crippen molar-refractivity contribution < 1.29 is 17.3 Å². The fourth-order valence-corrected chi connectivity index (χ4v) is 1.40. The Kier molecular flexibility index (Phi) is 3.98. The minimum absolute atomic E-state index is 0.228. The molecular formula is C7H6BrFO3S. The predicted octanol–water partition coefficient (Wildman–Crippen LogP) is 2.24. The van der Waals surface area contributed by atoms with E-state index in [1.54, 1.807) is 0 Å². The van der Waals surface area contributed by atoms with E-state index < -0.39 is 17.2 Å². The number of hydrogen-bond donors (Lipinski definition) is 1. The molecule has 0 spiro atoms. The van der Waals surface area contributed by atoms with E-state index in [0.29, 0.717) is 4.47 Å². The van der Waals surface area contributed by atoms with Gasteiger partial charge < -0.3 is 0 Å². The van der Waals surface area contributed by atoms with E-state index in [1.807, 2.05) is 0 Å². The van der Waals surface area contributed by atoms with Crippen LogP contribution in [0.5, 0.6) is 0 Å². The average Bonchev–Trinajstić information content (AvgIpc) is 2.06. The molecule has 6 heteroatoms. The van der Waals surface area contributed by atoms with Crippen LogP contribution < -0.4 is 0 Å². The summed E-state index contributed by atoms with van der Waals surface area (Å²) in [6.07, 6.45) is 0. The topological polar surface area (TPSA) is 46.5 Å². The lowest BCUT2D eigenvalue weighted by atomic mass is 10.2. The van der Waals surface area contributed by atoms with Crippen LogP contribution in [-0.2, 0) is 22.2 Å². The quantitative estimate of drug-likeness (QED) is 0.856. The van der Waals surface area contributed by atoms with Crippen LogP contribution in [0.3, 0.4) is 0 Å². The van der Waals surface area contributed by atoms with Gasteiger partial charge in [-0.05, 0) is 18.2 Å². The lowest BCUT2D eigenvalue weighted by Gasteiger charge is -2.01. The maximum Gasteiger partial charge on any atom is 0.302 e. The maximum absolute atomic E-state index is 12.9. The van der Waals surface area contributed by atoms with Gasteiger partial charge in [0.2, 0.25) is 0 Å². The third-order valence-electron chi connectivity index (χ3n) is 1.32. The van der Waals surface area contributed by atoms with Crippen LogP contribution in [-0.4, -0.2) is 8.76 Å². The average molecular weight is 269 g/mol. The van der Waals surface area contributed by atoms with Gasteiger partial charge in [0.05, 0.1) is 6.61 Å². The highest BCUT2D eigenvalue weighted by molar-refractivity contribution is 9.10. The molecule has 13 heavy (non-hydrogen) atoms. The molecule has 1 N–H and O–H groups in total. The first-order valence-corrected chi connectivity index (χ1v) is 5.10. The van der Waals surface area contributed by atoms with Crippen molar-refractivity contribution in [1.29, 1.82) is 0 Å². The number of rotatable bonds is 3. The predicted molar refractivity (Wildman–Crippen MR) is 49.7 cm³/mol. The Morgan fingerprint density at radius 3 is 2.92 bits per heavy atom. The van der Waals surface area contributed by atoms with Crippen LogP contribution in [0.4, 0.5) is 4.39 Å². The van der Waals surface area contributed by atoms with E-state index in [2.05, 4.69) is 20.1 Å². The summed E-state index contributed by atoms with van der Waals surface area (Å²) in [5.74, 6) is -0.464. The zero-order valence-corrected chi connectivity index (χ0v) is 8.77. The molecule has 1 aromatic carbocycles. The summed E-state index contributed by atoms with van der Waals surface area (Å²) in [6, 6.07) is 4.28. The second kappa shape index (κ2) is 4.80. The Bertz CT molecular complexity index is 332. The lowest BCUT2D eigenvalue weighted by molar-refractivity contribution is 0.292. The normalized spacial score (nSPS) is 12.8. The van der Waals surface area contributed by atoms with Crippen LogP contribution in [0.2, 0.25) is 0 Å². The highest BCUT2D eigenvalue weighted by Gasteiger charge is 2.04. The van der Waals surface area contributed by atoms with E-state index >= 15 is 0 Å². The fraction of sp³-hybridized carbons (Fsp3) is 0.143. The molecular weight excluding hydrogens is 263 g/mol. The van der Waals surface area contributed by atoms with Crippen LogP contribution in [0, 0.1) is 5.82 Å². The third kappa shape index (κ3) is 3.51. The Hall–Kier alpha value is -0.300. The van der Waals surface area contributed by atoms with Gasteiger partial charge in [-0.1, -0.05) is 15.9 Å². The molecule has 0 bridgehead atoms. The minimum Gasteiger partial charge on any atom is -0.284 e. The fourth-order valence-electron chi connectivity index (χ4n) is 0.768. The van der Waals surface area contributed by atoms with Crippen molar-refractivity contribution in [3.05, 3.63) is 34.1 Å². The molecule has 0 saturated heterocycles. The van der Waals surface area contributed by atoms with E-state index in [1.165, 1.54) is 18.2 Å². The smallest absolute Gasteiger partial charge is 0.284 e. The van der Waals surface area contributed by atoms with Crippen molar-refractivity contribution in [3.8, 4) is 0 Å². The monoisotopic (exact) mass is 268 g/mol. The molecule has 0 saturated carbocycles. The van der Waals surface area contributed by atoms with Gasteiger partial charge in [-0.2, -0.15) is 4.21 Å². The third-order valence-corrected chi connectivity index (χ3v) is 2.14. The molecule has 3 nitrogen and oxygen atoms in total. The second-order valence-electron chi connectivity index (χ2n) is 2.22. The highest BCUT2D eigenvalue weighted by atomic mass is 79.9. The van der Waals surface area contributed by atoms with Gasteiger partial charge in [-0.3, -0.25) is 8.74 Å². The maximum atomic E-state index is 12.9. The molecule has 1 rings (SSSR count). The van der Waals surface area contributed by atoms with Crippen molar-refractivity contribution in [2.24, 2.45) is 0 Å². The van der Waals surface area contributed by atoms with Gasteiger partial charge in [0, 0.05) is 10.0 Å². The number of hydrogen-bond acceptors (Lipinski definition) is 2. The first-order valence-electron chi connectivity index (χ1n) is 3.27. The number of halogens is 2. The molecule has 0 aromatic heterocycles. The van der Waals surface area contributed by atoms with E-state index in [4.69, 9.17) is 4.55 Å². The van der Waals surface area contributed by atoms with Crippen molar-refractivity contribution in [2.45, 2.75) is 6.61 Å². The van der Waals surface area contributed by atoms with Crippen LogP contribution in [0.15, 0.2) is 22.7 Å². The zero-order chi connectivity index (χ0) is 9.84. The van der Waals surface area contributed by atoms with Crippen molar-refractivity contribution in [2.75, 3.05) is 0 Å². The molecule has 1 atom stereocenters. The minimum atomic E-state index is -2.36. The van der Waals surface area contributed by atoms with Crippen molar-refractivity contribution >= 4 is 27.3 Å². The molecule has 0 aliphatic heterocycles. The van der Waals surface area contributed by atoms with E-state index in [-0.39, 0.29) is 12.2 Å². The summed E-state index contributed by atoms with van der Waals surface area (Å²) >= 11 is 0.780. The summed E-state index contributed by atoms with van der Waals surface area (Å²) in [6.45, 7) is -0.228.